The first-order chi connectivity index (χ1) is 15.4. The molecule has 0 unspecified atom stereocenters. The summed E-state index contributed by atoms with van der Waals surface area (Å²) in [6.45, 7) is 3.95. The maximum Gasteiger partial charge on any atom is 0.358 e. The molecule has 8 nitrogen and oxygen atoms in total. The molecule has 1 N–H and O–H groups in total. The van der Waals surface area contributed by atoms with Gasteiger partial charge in [0, 0.05) is 17.8 Å². The first-order valence-electron chi connectivity index (χ1n) is 11.3. The summed E-state index contributed by atoms with van der Waals surface area (Å²) in [7, 11) is 1.27. The highest BCUT2D eigenvalue weighted by molar-refractivity contribution is 6.12. The van der Waals surface area contributed by atoms with Crippen LogP contribution in [-0.4, -0.2) is 46.3 Å². The highest BCUT2D eigenvalue weighted by atomic mass is 16.5. The van der Waals surface area contributed by atoms with Gasteiger partial charge in [-0.1, -0.05) is 38.3 Å². The molecule has 8 heteroatoms. The summed E-state index contributed by atoms with van der Waals surface area (Å²) in [5.74, 6) is -1.19. The summed E-state index contributed by atoms with van der Waals surface area (Å²) in [6.07, 6.45) is 6.07. The normalized spacial score (nSPS) is 21.2. The number of nitrogens with zero attached hydrogens (tertiary/aromatic N) is 3. The fourth-order valence-electron chi connectivity index (χ4n) is 4.69. The van der Waals surface area contributed by atoms with Crippen LogP contribution in [0.25, 0.3) is 0 Å². The van der Waals surface area contributed by atoms with Crippen LogP contribution in [0.4, 0.5) is 5.69 Å². The number of nitrogens with one attached hydrogen (secondary N) is 1. The molecule has 2 heterocycles. The number of fused-ring (bicyclic) bond motifs is 1. The quantitative estimate of drug-likeness (QED) is 0.724. The van der Waals surface area contributed by atoms with Gasteiger partial charge in [0.15, 0.2) is 5.69 Å². The van der Waals surface area contributed by atoms with E-state index >= 15 is 0 Å². The van der Waals surface area contributed by atoms with Crippen molar-refractivity contribution >= 4 is 23.5 Å². The SMILES string of the molecule is CCc1cccc(N2C(=O)c3cc(C(=O)OC)nn3C[C@]2(C)C(=O)NC2CCCCC2)c1. The van der Waals surface area contributed by atoms with Gasteiger partial charge in [0.2, 0.25) is 5.91 Å². The van der Waals surface area contributed by atoms with E-state index in [0.29, 0.717) is 5.69 Å². The number of hydrogen-bond donors (Lipinski definition) is 1. The van der Waals surface area contributed by atoms with Crippen molar-refractivity contribution in [2.24, 2.45) is 0 Å². The van der Waals surface area contributed by atoms with Crippen LogP contribution in [0.3, 0.4) is 0 Å². The maximum atomic E-state index is 13.7. The average molecular weight is 439 g/mol. The van der Waals surface area contributed by atoms with Crippen molar-refractivity contribution in [3.63, 3.8) is 0 Å². The van der Waals surface area contributed by atoms with Gasteiger partial charge in [0.05, 0.1) is 13.7 Å². The lowest BCUT2D eigenvalue weighted by Gasteiger charge is -2.44. The van der Waals surface area contributed by atoms with Gasteiger partial charge in [-0.2, -0.15) is 5.10 Å². The smallest absolute Gasteiger partial charge is 0.358 e. The summed E-state index contributed by atoms with van der Waals surface area (Å²) in [6, 6.07) is 9.22. The molecule has 0 spiro atoms. The number of carbonyl (C=O) groups excluding carboxylic acids is 3. The molecule has 0 radical (unpaired) electrons. The van der Waals surface area contributed by atoms with Crippen LogP contribution in [0.5, 0.6) is 0 Å². The number of aryl methyl sites for hydroxylation is 1. The number of hydrogen-bond acceptors (Lipinski definition) is 5. The van der Waals surface area contributed by atoms with Crippen LogP contribution >= 0.6 is 0 Å². The molecular formula is C24H30N4O4. The number of benzene rings is 1. The van der Waals surface area contributed by atoms with Gasteiger partial charge in [-0.15, -0.1) is 0 Å². The Morgan fingerprint density at radius 3 is 2.66 bits per heavy atom. The number of amides is 2. The molecule has 1 aromatic heterocycles. The van der Waals surface area contributed by atoms with Crippen molar-refractivity contribution in [1.82, 2.24) is 15.1 Å². The van der Waals surface area contributed by atoms with Crippen molar-refractivity contribution in [3.8, 4) is 0 Å². The predicted octanol–water partition coefficient (Wildman–Crippen LogP) is 3.10. The minimum Gasteiger partial charge on any atom is -0.464 e. The van der Waals surface area contributed by atoms with E-state index in [4.69, 9.17) is 4.74 Å². The highest BCUT2D eigenvalue weighted by Crippen LogP contribution is 2.34. The van der Waals surface area contributed by atoms with Crippen LogP contribution in [0.2, 0.25) is 0 Å². The Balaban J connectivity index is 1.76. The van der Waals surface area contributed by atoms with E-state index in [1.165, 1.54) is 24.3 Å². The zero-order chi connectivity index (χ0) is 22.9. The number of ether oxygens (including phenoxy) is 1. The predicted molar refractivity (Wildman–Crippen MR) is 120 cm³/mol. The number of anilines is 1. The van der Waals surface area contributed by atoms with Crippen molar-refractivity contribution < 1.29 is 19.1 Å². The van der Waals surface area contributed by atoms with Gasteiger partial charge >= 0.3 is 5.97 Å². The minimum atomic E-state index is -1.20. The summed E-state index contributed by atoms with van der Waals surface area (Å²) >= 11 is 0. The summed E-state index contributed by atoms with van der Waals surface area (Å²) < 4.78 is 6.23. The zero-order valence-corrected chi connectivity index (χ0v) is 18.9. The number of carbonyl (C=O) groups is 3. The Kier molecular flexibility index (Phi) is 6.04. The molecule has 0 saturated heterocycles. The van der Waals surface area contributed by atoms with E-state index in [2.05, 4.69) is 10.4 Å². The fourth-order valence-corrected chi connectivity index (χ4v) is 4.69. The molecule has 1 aliphatic carbocycles. The Labute approximate surface area is 187 Å². The zero-order valence-electron chi connectivity index (χ0n) is 18.9. The molecule has 1 atom stereocenters. The minimum absolute atomic E-state index is 0.0510. The molecule has 1 fully saturated rings. The van der Waals surface area contributed by atoms with Crippen molar-refractivity contribution in [2.45, 2.75) is 70.5 Å². The Morgan fingerprint density at radius 2 is 1.97 bits per heavy atom. The van der Waals surface area contributed by atoms with Gasteiger partial charge in [0.1, 0.15) is 11.2 Å². The van der Waals surface area contributed by atoms with Crippen molar-refractivity contribution in [1.29, 1.82) is 0 Å². The third kappa shape index (κ3) is 3.89. The second kappa shape index (κ2) is 8.76. The van der Waals surface area contributed by atoms with Crippen LogP contribution in [0.1, 0.15) is 72.5 Å². The Hall–Kier alpha value is -3.16. The third-order valence-corrected chi connectivity index (χ3v) is 6.55. The van der Waals surface area contributed by atoms with Crippen LogP contribution in [0.15, 0.2) is 30.3 Å². The third-order valence-electron chi connectivity index (χ3n) is 6.55. The van der Waals surface area contributed by atoms with E-state index in [1.54, 1.807) is 11.8 Å². The van der Waals surface area contributed by atoms with Crippen molar-refractivity contribution in [3.05, 3.63) is 47.3 Å². The van der Waals surface area contributed by atoms with E-state index < -0.39 is 11.5 Å². The Bertz CT molecular complexity index is 1040. The van der Waals surface area contributed by atoms with Crippen LogP contribution in [-0.2, 0) is 22.5 Å². The van der Waals surface area contributed by atoms with Crippen LogP contribution < -0.4 is 10.2 Å². The number of esters is 1. The van der Waals surface area contributed by atoms with Gasteiger partial charge in [-0.3, -0.25) is 19.2 Å². The van der Waals surface area contributed by atoms with Gasteiger partial charge in [-0.05, 0) is 43.9 Å². The lowest BCUT2D eigenvalue weighted by atomic mass is 9.91. The summed E-state index contributed by atoms with van der Waals surface area (Å²) in [4.78, 5) is 40.9. The van der Waals surface area contributed by atoms with E-state index in [1.807, 2.05) is 31.2 Å². The lowest BCUT2D eigenvalue weighted by molar-refractivity contribution is -0.127. The monoisotopic (exact) mass is 438 g/mol. The van der Waals surface area contributed by atoms with E-state index in [0.717, 1.165) is 37.7 Å². The number of aromatic nitrogens is 2. The molecule has 2 amide bonds. The molecule has 2 aromatic rings. The first-order valence-corrected chi connectivity index (χ1v) is 11.3. The molecule has 170 valence electrons. The molecule has 1 aliphatic heterocycles. The average Bonchev–Trinajstić information content (AvgIpc) is 3.23. The highest BCUT2D eigenvalue weighted by Gasteiger charge is 2.49. The van der Waals surface area contributed by atoms with Gasteiger partial charge in [-0.25, -0.2) is 4.79 Å². The fraction of sp³-hybridized carbons (Fsp3) is 0.500. The molecular weight excluding hydrogens is 408 g/mol. The largest absolute Gasteiger partial charge is 0.464 e. The summed E-state index contributed by atoms with van der Waals surface area (Å²) in [5, 5.41) is 7.46. The van der Waals surface area contributed by atoms with Gasteiger partial charge < -0.3 is 10.1 Å². The maximum absolute atomic E-state index is 13.7. The standard InChI is InChI=1S/C24H30N4O4/c1-4-16-9-8-12-18(13-16)28-21(29)20-14-19(22(30)32-3)26-27(20)15-24(28,2)23(31)25-17-10-6-5-7-11-17/h8-9,12-14,17H,4-7,10-11,15H2,1-3H3,(H,25,31)/t24-/m1/s1. The van der Waals surface area contributed by atoms with E-state index in [9.17, 15) is 14.4 Å². The van der Waals surface area contributed by atoms with Crippen molar-refractivity contribution in [2.75, 3.05) is 12.0 Å². The van der Waals surface area contributed by atoms with Crippen LogP contribution in [0, 0.1) is 0 Å². The number of rotatable bonds is 5. The topological polar surface area (TPSA) is 93.5 Å². The summed E-state index contributed by atoms with van der Waals surface area (Å²) in [5.41, 5.74) is 0.834. The first kappa shape index (κ1) is 22.0. The molecule has 32 heavy (non-hydrogen) atoms. The Morgan fingerprint density at radius 1 is 1.22 bits per heavy atom. The number of methoxy groups -OCH3 is 1. The molecule has 1 aromatic carbocycles. The second-order valence-corrected chi connectivity index (χ2v) is 8.81. The molecule has 2 aliphatic rings. The van der Waals surface area contributed by atoms with Gasteiger partial charge in [0.25, 0.3) is 5.91 Å². The molecule has 1 saturated carbocycles. The molecule has 4 rings (SSSR count). The lowest BCUT2D eigenvalue weighted by Crippen LogP contribution is -2.65. The molecule has 0 bridgehead atoms. The van der Waals surface area contributed by atoms with E-state index in [-0.39, 0.29) is 35.8 Å². The second-order valence-electron chi connectivity index (χ2n) is 8.81.